The van der Waals surface area contributed by atoms with Gasteiger partial charge in [0.15, 0.2) is 11.5 Å². The van der Waals surface area contributed by atoms with Crippen LogP contribution in [0.2, 0.25) is 0 Å². The molecule has 0 spiro atoms. The Bertz CT molecular complexity index is 410. The minimum Gasteiger partial charge on any atom is -0.504 e. The number of ether oxygens (including phenoxy) is 1. The molecule has 0 aromatic heterocycles. The molecule has 0 atom stereocenters. The summed E-state index contributed by atoms with van der Waals surface area (Å²) in [5.41, 5.74) is 0.645. The summed E-state index contributed by atoms with van der Waals surface area (Å²) in [6.45, 7) is 2.03. The standard InChI is InChI=1S/C13H16O4/c1-2-5-12(15)17-9-4-7-10-6-3-8-11(14)13(10)16/h2-3,5-6,8,14,16H,4,7,9H2,1H3. The van der Waals surface area contributed by atoms with Gasteiger partial charge in [0.2, 0.25) is 0 Å². The van der Waals surface area contributed by atoms with E-state index >= 15 is 0 Å². The fourth-order valence-corrected chi connectivity index (χ4v) is 1.40. The Kier molecular flexibility index (Phi) is 5.07. The molecular weight excluding hydrogens is 220 g/mol. The molecule has 2 N–H and O–H groups in total. The molecule has 0 heterocycles. The third-order valence-electron chi connectivity index (χ3n) is 2.24. The molecule has 1 rings (SSSR count). The van der Waals surface area contributed by atoms with Gasteiger partial charge in [-0.2, -0.15) is 0 Å². The van der Waals surface area contributed by atoms with Crippen LogP contribution in [0.5, 0.6) is 11.5 Å². The number of carbonyl (C=O) groups is 1. The maximum atomic E-state index is 11.0. The lowest BCUT2D eigenvalue weighted by Gasteiger charge is -2.06. The first-order chi connectivity index (χ1) is 8.15. The molecule has 1 aromatic carbocycles. The first-order valence-electron chi connectivity index (χ1n) is 5.44. The molecule has 0 amide bonds. The van der Waals surface area contributed by atoms with E-state index in [9.17, 15) is 15.0 Å². The molecule has 0 aliphatic heterocycles. The van der Waals surface area contributed by atoms with Crippen molar-refractivity contribution in [2.45, 2.75) is 19.8 Å². The maximum absolute atomic E-state index is 11.0. The van der Waals surface area contributed by atoms with Gasteiger partial charge in [-0.15, -0.1) is 0 Å². The average molecular weight is 236 g/mol. The molecule has 0 saturated carbocycles. The molecule has 0 aliphatic carbocycles. The summed E-state index contributed by atoms with van der Waals surface area (Å²) in [5.74, 6) is -0.603. The Balaban J connectivity index is 2.36. The van der Waals surface area contributed by atoms with Crippen LogP contribution in [0.3, 0.4) is 0 Å². The zero-order valence-electron chi connectivity index (χ0n) is 9.72. The summed E-state index contributed by atoms with van der Waals surface area (Å²) in [6.07, 6.45) is 4.11. The van der Waals surface area contributed by atoms with Crippen molar-refractivity contribution in [2.24, 2.45) is 0 Å². The van der Waals surface area contributed by atoms with Gasteiger partial charge < -0.3 is 14.9 Å². The lowest BCUT2D eigenvalue weighted by Crippen LogP contribution is -2.03. The number of carbonyl (C=O) groups excluding carboxylic acids is 1. The van der Waals surface area contributed by atoms with E-state index in [4.69, 9.17) is 4.74 Å². The smallest absolute Gasteiger partial charge is 0.330 e. The van der Waals surface area contributed by atoms with Gasteiger partial charge in [0.1, 0.15) is 0 Å². The van der Waals surface area contributed by atoms with Crippen molar-refractivity contribution < 1.29 is 19.7 Å². The largest absolute Gasteiger partial charge is 0.504 e. The van der Waals surface area contributed by atoms with Crippen molar-refractivity contribution in [3.63, 3.8) is 0 Å². The normalized spacial score (nSPS) is 10.6. The number of rotatable bonds is 5. The Morgan fingerprint density at radius 1 is 1.41 bits per heavy atom. The molecule has 0 fully saturated rings. The van der Waals surface area contributed by atoms with E-state index in [1.165, 1.54) is 12.1 Å². The van der Waals surface area contributed by atoms with Gasteiger partial charge in [-0.05, 0) is 31.4 Å². The molecule has 4 nitrogen and oxygen atoms in total. The van der Waals surface area contributed by atoms with Crippen LogP contribution in [-0.2, 0) is 16.0 Å². The van der Waals surface area contributed by atoms with Gasteiger partial charge >= 0.3 is 5.97 Å². The summed E-state index contributed by atoms with van der Waals surface area (Å²) in [7, 11) is 0. The molecule has 0 radical (unpaired) electrons. The Labute approximate surface area is 100 Å². The predicted molar refractivity (Wildman–Crippen MR) is 63.9 cm³/mol. The van der Waals surface area contributed by atoms with Gasteiger partial charge in [0.25, 0.3) is 0 Å². The third kappa shape index (κ3) is 4.18. The number of hydrogen-bond acceptors (Lipinski definition) is 4. The summed E-state index contributed by atoms with van der Waals surface area (Å²) >= 11 is 0. The molecule has 4 heteroatoms. The first-order valence-corrected chi connectivity index (χ1v) is 5.44. The SMILES string of the molecule is CC=CC(=O)OCCCc1cccc(O)c1O. The predicted octanol–water partition coefficient (Wildman–Crippen LogP) is 2.15. The number of benzene rings is 1. The number of phenols is 2. The average Bonchev–Trinajstić information content (AvgIpc) is 2.30. The van der Waals surface area contributed by atoms with Gasteiger partial charge in [0.05, 0.1) is 6.61 Å². The minimum absolute atomic E-state index is 0.104. The quantitative estimate of drug-likeness (QED) is 0.356. The van der Waals surface area contributed by atoms with Crippen LogP contribution in [0.1, 0.15) is 18.9 Å². The Morgan fingerprint density at radius 2 is 2.18 bits per heavy atom. The number of para-hydroxylation sites is 1. The molecule has 0 unspecified atom stereocenters. The lowest BCUT2D eigenvalue weighted by molar-refractivity contribution is -0.137. The van der Waals surface area contributed by atoms with E-state index in [0.717, 1.165) is 0 Å². The highest BCUT2D eigenvalue weighted by molar-refractivity contribution is 5.81. The van der Waals surface area contributed by atoms with E-state index in [2.05, 4.69) is 0 Å². The molecular formula is C13H16O4. The van der Waals surface area contributed by atoms with Crippen LogP contribution in [0.15, 0.2) is 30.4 Å². The van der Waals surface area contributed by atoms with E-state index in [-0.39, 0.29) is 24.1 Å². The van der Waals surface area contributed by atoms with Crippen molar-refractivity contribution >= 4 is 5.97 Å². The number of aryl methyl sites for hydroxylation is 1. The summed E-state index contributed by atoms with van der Waals surface area (Å²) < 4.78 is 4.90. The number of aromatic hydroxyl groups is 2. The number of allylic oxidation sites excluding steroid dienone is 1. The number of hydrogen-bond donors (Lipinski definition) is 2. The molecule has 92 valence electrons. The van der Waals surface area contributed by atoms with Gasteiger partial charge in [-0.1, -0.05) is 18.2 Å². The Hall–Kier alpha value is -1.97. The highest BCUT2D eigenvalue weighted by Crippen LogP contribution is 2.28. The number of phenolic OH excluding ortho intramolecular Hbond substituents is 2. The zero-order chi connectivity index (χ0) is 12.7. The second-order valence-corrected chi connectivity index (χ2v) is 3.56. The zero-order valence-corrected chi connectivity index (χ0v) is 9.72. The molecule has 0 bridgehead atoms. The molecule has 1 aromatic rings. The third-order valence-corrected chi connectivity index (χ3v) is 2.24. The van der Waals surface area contributed by atoms with Crippen LogP contribution in [0.4, 0.5) is 0 Å². The second-order valence-electron chi connectivity index (χ2n) is 3.56. The van der Waals surface area contributed by atoms with Crippen molar-refractivity contribution in [1.29, 1.82) is 0 Å². The number of esters is 1. The van der Waals surface area contributed by atoms with E-state index in [1.54, 1.807) is 25.1 Å². The summed E-state index contributed by atoms with van der Waals surface area (Å²) in [5, 5.41) is 18.8. The molecule has 0 aliphatic rings. The van der Waals surface area contributed by atoms with E-state index < -0.39 is 0 Å². The topological polar surface area (TPSA) is 66.8 Å². The maximum Gasteiger partial charge on any atom is 0.330 e. The summed E-state index contributed by atoms with van der Waals surface area (Å²) in [4.78, 5) is 11.0. The highest BCUT2D eigenvalue weighted by Gasteiger charge is 2.05. The van der Waals surface area contributed by atoms with E-state index in [0.29, 0.717) is 18.4 Å². The minimum atomic E-state index is -0.368. The van der Waals surface area contributed by atoms with Crippen LogP contribution < -0.4 is 0 Å². The fraction of sp³-hybridized carbons (Fsp3) is 0.308. The van der Waals surface area contributed by atoms with Gasteiger partial charge in [-0.3, -0.25) is 0 Å². The van der Waals surface area contributed by atoms with Crippen LogP contribution in [0.25, 0.3) is 0 Å². The van der Waals surface area contributed by atoms with Crippen molar-refractivity contribution in [2.75, 3.05) is 6.61 Å². The van der Waals surface area contributed by atoms with Crippen molar-refractivity contribution in [3.8, 4) is 11.5 Å². The van der Waals surface area contributed by atoms with Gasteiger partial charge in [-0.25, -0.2) is 4.79 Å². The highest BCUT2D eigenvalue weighted by atomic mass is 16.5. The van der Waals surface area contributed by atoms with Crippen molar-refractivity contribution in [1.82, 2.24) is 0 Å². The van der Waals surface area contributed by atoms with Gasteiger partial charge in [0, 0.05) is 6.08 Å². The molecule has 0 saturated heterocycles. The van der Waals surface area contributed by atoms with Crippen LogP contribution in [-0.4, -0.2) is 22.8 Å². The van der Waals surface area contributed by atoms with Crippen molar-refractivity contribution in [3.05, 3.63) is 35.9 Å². The van der Waals surface area contributed by atoms with E-state index in [1.807, 2.05) is 0 Å². The lowest BCUT2D eigenvalue weighted by atomic mass is 10.1. The monoisotopic (exact) mass is 236 g/mol. The Morgan fingerprint density at radius 3 is 2.88 bits per heavy atom. The first kappa shape index (κ1) is 13.1. The fourth-order valence-electron chi connectivity index (χ4n) is 1.40. The molecule has 17 heavy (non-hydrogen) atoms. The summed E-state index contributed by atoms with van der Waals surface area (Å²) in [6, 6.07) is 4.81. The second kappa shape index (κ2) is 6.58. The van der Waals surface area contributed by atoms with Crippen LogP contribution in [0, 0.1) is 0 Å². The van der Waals surface area contributed by atoms with Crippen LogP contribution >= 0.6 is 0 Å².